The molecule has 30 heavy (non-hydrogen) atoms. The molecular weight excluding hydrogens is 398 g/mol. The summed E-state index contributed by atoms with van der Waals surface area (Å²) in [5.74, 6) is 1.02. The number of halogens is 1. The third-order valence-corrected chi connectivity index (χ3v) is 5.65. The molecule has 2 heterocycles. The first kappa shape index (κ1) is 20.4. The van der Waals surface area contributed by atoms with Crippen molar-refractivity contribution in [2.45, 2.75) is 13.8 Å². The molecule has 1 aliphatic heterocycles. The fourth-order valence-electron chi connectivity index (χ4n) is 3.74. The minimum absolute atomic E-state index is 0.178. The molecule has 1 amide bonds. The summed E-state index contributed by atoms with van der Waals surface area (Å²) >= 11 is 6.37. The second-order valence-corrected chi connectivity index (χ2v) is 8.35. The molecule has 7 heteroatoms. The Bertz CT molecular complexity index is 1050. The fourth-order valence-corrected chi connectivity index (χ4v) is 3.99. The highest BCUT2D eigenvalue weighted by atomic mass is 35.5. The van der Waals surface area contributed by atoms with Gasteiger partial charge in [-0.3, -0.25) is 4.79 Å². The van der Waals surface area contributed by atoms with Crippen LogP contribution in [0.25, 0.3) is 10.8 Å². The molecule has 1 fully saturated rings. The van der Waals surface area contributed by atoms with Gasteiger partial charge in [0.25, 0.3) is 5.91 Å². The van der Waals surface area contributed by atoms with E-state index in [1.54, 1.807) is 0 Å². The highest BCUT2D eigenvalue weighted by molar-refractivity contribution is 6.33. The monoisotopic (exact) mass is 423 g/mol. The molecule has 156 valence electrons. The van der Waals surface area contributed by atoms with E-state index in [9.17, 15) is 4.79 Å². The van der Waals surface area contributed by atoms with E-state index in [-0.39, 0.29) is 5.91 Å². The van der Waals surface area contributed by atoms with E-state index in [4.69, 9.17) is 11.6 Å². The minimum atomic E-state index is -0.178. The van der Waals surface area contributed by atoms with Gasteiger partial charge in [-0.15, -0.1) is 10.2 Å². The van der Waals surface area contributed by atoms with Gasteiger partial charge in [0.05, 0.1) is 10.7 Å². The molecule has 1 saturated heterocycles. The Morgan fingerprint density at radius 2 is 1.60 bits per heavy atom. The zero-order valence-electron chi connectivity index (χ0n) is 17.3. The Morgan fingerprint density at radius 3 is 2.30 bits per heavy atom. The van der Waals surface area contributed by atoms with Crippen molar-refractivity contribution in [3.8, 4) is 0 Å². The van der Waals surface area contributed by atoms with Crippen molar-refractivity contribution in [3.63, 3.8) is 0 Å². The van der Waals surface area contributed by atoms with Crippen molar-refractivity contribution in [3.05, 3.63) is 59.2 Å². The average Bonchev–Trinajstić information content (AvgIpc) is 2.77. The lowest BCUT2D eigenvalue weighted by Crippen LogP contribution is -2.47. The quantitative estimate of drug-likeness (QED) is 0.672. The molecular formula is C23H26ClN5O. The molecule has 1 aliphatic rings. The largest absolute Gasteiger partial charge is 0.367 e. The Balaban J connectivity index is 1.56. The topological polar surface area (TPSA) is 61.4 Å². The number of carbonyl (C=O) groups excluding carboxylic acids is 1. The first-order chi connectivity index (χ1) is 14.5. The number of rotatable bonds is 5. The van der Waals surface area contributed by atoms with Crippen LogP contribution in [0, 0.1) is 5.92 Å². The Labute approximate surface area is 181 Å². The summed E-state index contributed by atoms with van der Waals surface area (Å²) in [6, 6.07) is 15.8. The zero-order valence-corrected chi connectivity index (χ0v) is 18.1. The van der Waals surface area contributed by atoms with Gasteiger partial charge in [0.15, 0.2) is 11.5 Å². The number of benzene rings is 2. The summed E-state index contributed by atoms with van der Waals surface area (Å²) < 4.78 is 0. The van der Waals surface area contributed by atoms with E-state index in [1.807, 2.05) is 42.5 Å². The molecule has 1 N–H and O–H groups in total. The third-order valence-electron chi connectivity index (χ3n) is 5.33. The second kappa shape index (κ2) is 8.88. The highest BCUT2D eigenvalue weighted by Gasteiger charge is 2.23. The number of hydrogen-bond acceptors (Lipinski definition) is 5. The van der Waals surface area contributed by atoms with Crippen molar-refractivity contribution in [1.29, 1.82) is 0 Å². The van der Waals surface area contributed by atoms with E-state index in [2.05, 4.69) is 45.2 Å². The van der Waals surface area contributed by atoms with Crippen molar-refractivity contribution in [1.82, 2.24) is 15.5 Å². The molecule has 0 aliphatic carbocycles. The highest BCUT2D eigenvalue weighted by Crippen LogP contribution is 2.29. The molecule has 1 aromatic heterocycles. The third kappa shape index (κ3) is 4.19. The summed E-state index contributed by atoms with van der Waals surface area (Å²) in [7, 11) is 0. The van der Waals surface area contributed by atoms with Gasteiger partial charge < -0.3 is 15.1 Å². The first-order valence-corrected chi connectivity index (χ1v) is 10.7. The maximum Gasteiger partial charge on any atom is 0.272 e. The second-order valence-electron chi connectivity index (χ2n) is 7.95. The van der Waals surface area contributed by atoms with Gasteiger partial charge in [-0.25, -0.2) is 0 Å². The molecule has 0 spiro atoms. The number of amides is 1. The lowest BCUT2D eigenvalue weighted by Gasteiger charge is -2.37. The number of para-hydroxylation sites is 1. The first-order valence-electron chi connectivity index (χ1n) is 10.3. The van der Waals surface area contributed by atoms with Gasteiger partial charge in [0.1, 0.15) is 0 Å². The molecule has 6 nitrogen and oxygen atoms in total. The van der Waals surface area contributed by atoms with Crippen molar-refractivity contribution >= 4 is 39.8 Å². The van der Waals surface area contributed by atoms with Crippen LogP contribution in [-0.2, 0) is 0 Å². The molecule has 2 aromatic carbocycles. The van der Waals surface area contributed by atoms with Crippen LogP contribution < -0.4 is 15.1 Å². The molecule has 0 saturated carbocycles. The van der Waals surface area contributed by atoms with Crippen LogP contribution >= 0.6 is 11.6 Å². The van der Waals surface area contributed by atoms with Crippen molar-refractivity contribution < 1.29 is 4.79 Å². The van der Waals surface area contributed by atoms with E-state index >= 15 is 0 Å². The molecule has 3 aromatic rings. The van der Waals surface area contributed by atoms with Crippen LogP contribution in [0.4, 0.5) is 11.5 Å². The predicted octanol–water partition coefficient (Wildman–Crippen LogP) is 4.00. The molecule has 0 bridgehead atoms. The number of nitrogens with zero attached hydrogens (tertiary/aromatic N) is 4. The number of nitrogens with one attached hydrogen (secondary N) is 1. The summed E-state index contributed by atoms with van der Waals surface area (Å²) in [5, 5.41) is 14.3. The zero-order chi connectivity index (χ0) is 21.1. The average molecular weight is 424 g/mol. The van der Waals surface area contributed by atoms with Crippen molar-refractivity contribution in [2.75, 3.05) is 42.5 Å². The molecule has 4 rings (SSSR count). The van der Waals surface area contributed by atoms with Gasteiger partial charge in [-0.05, 0) is 18.1 Å². The van der Waals surface area contributed by atoms with Gasteiger partial charge in [-0.1, -0.05) is 61.8 Å². The Morgan fingerprint density at radius 1 is 0.967 bits per heavy atom. The van der Waals surface area contributed by atoms with Crippen LogP contribution in [0.5, 0.6) is 0 Å². The van der Waals surface area contributed by atoms with Crippen molar-refractivity contribution in [2.24, 2.45) is 5.92 Å². The Kier molecular flexibility index (Phi) is 6.04. The number of fused-ring (bicyclic) bond motifs is 1. The molecule has 0 atom stereocenters. The van der Waals surface area contributed by atoms with E-state index < -0.39 is 0 Å². The normalized spacial score (nSPS) is 14.4. The SMILES string of the molecule is CC(C)CNC(=O)c1nnc(N2CCN(c3ccccc3Cl)CC2)c2ccccc12. The van der Waals surface area contributed by atoms with Gasteiger partial charge in [-0.2, -0.15) is 0 Å². The van der Waals surface area contributed by atoms with E-state index in [1.165, 1.54) is 0 Å². The van der Waals surface area contributed by atoms with Crippen LogP contribution in [0.3, 0.4) is 0 Å². The maximum absolute atomic E-state index is 12.6. The lowest BCUT2D eigenvalue weighted by molar-refractivity contribution is 0.0945. The van der Waals surface area contributed by atoms with Crippen LogP contribution in [0.2, 0.25) is 5.02 Å². The standard InChI is InChI=1S/C23H26ClN5O/c1-16(2)15-25-23(30)21-17-7-3-4-8-18(17)22(27-26-21)29-13-11-28(12-14-29)20-10-6-5-9-19(20)24/h3-10,16H,11-15H2,1-2H3,(H,25,30). The number of aromatic nitrogens is 2. The fraction of sp³-hybridized carbons (Fsp3) is 0.348. The van der Waals surface area contributed by atoms with E-state index in [0.717, 1.165) is 53.5 Å². The summed E-state index contributed by atoms with van der Waals surface area (Å²) in [6.07, 6.45) is 0. The minimum Gasteiger partial charge on any atom is -0.367 e. The number of carbonyl (C=O) groups is 1. The van der Waals surface area contributed by atoms with E-state index in [0.29, 0.717) is 18.2 Å². The summed E-state index contributed by atoms with van der Waals surface area (Å²) in [5.41, 5.74) is 1.44. The number of piperazine rings is 1. The van der Waals surface area contributed by atoms with Crippen LogP contribution in [-0.4, -0.2) is 48.8 Å². The summed E-state index contributed by atoms with van der Waals surface area (Å²) in [6.45, 7) is 8.05. The van der Waals surface area contributed by atoms with Crippen LogP contribution in [0.15, 0.2) is 48.5 Å². The molecule has 0 unspecified atom stereocenters. The molecule has 0 radical (unpaired) electrons. The number of hydrogen-bond donors (Lipinski definition) is 1. The van der Waals surface area contributed by atoms with Gasteiger partial charge >= 0.3 is 0 Å². The lowest BCUT2D eigenvalue weighted by atomic mass is 10.1. The summed E-state index contributed by atoms with van der Waals surface area (Å²) in [4.78, 5) is 17.2. The van der Waals surface area contributed by atoms with Gasteiger partial charge in [0.2, 0.25) is 0 Å². The number of anilines is 2. The van der Waals surface area contributed by atoms with Crippen LogP contribution in [0.1, 0.15) is 24.3 Å². The smallest absolute Gasteiger partial charge is 0.272 e. The predicted molar refractivity (Wildman–Crippen MR) is 123 cm³/mol. The Hall–Kier alpha value is -2.86. The maximum atomic E-state index is 12.6. The van der Waals surface area contributed by atoms with Gasteiger partial charge in [0, 0.05) is 43.5 Å².